The molecule has 5 nitrogen and oxygen atoms in total. The predicted octanol–water partition coefficient (Wildman–Crippen LogP) is 8.14. The highest BCUT2D eigenvalue weighted by Gasteiger charge is 2.69. The number of hydrogen-bond donors (Lipinski definition) is 2. The van der Waals surface area contributed by atoms with Crippen molar-refractivity contribution in [3.63, 3.8) is 0 Å². The van der Waals surface area contributed by atoms with Crippen LogP contribution in [0.25, 0.3) is 0 Å². The summed E-state index contributed by atoms with van der Waals surface area (Å²) in [6, 6.07) is -1.55. The van der Waals surface area contributed by atoms with E-state index in [0.29, 0.717) is 54.7 Å². The highest BCUT2D eigenvalue weighted by Crippen LogP contribution is 2.75. The molecule has 1 saturated heterocycles. The first-order valence-corrected chi connectivity index (χ1v) is 20.6. The van der Waals surface area contributed by atoms with E-state index in [1.54, 1.807) is 0 Å². The van der Waals surface area contributed by atoms with E-state index in [9.17, 15) is 27.3 Å². The third-order valence-corrected chi connectivity index (χ3v) is 17.5. The number of fused-ring (bicyclic) bond motifs is 7. The summed E-state index contributed by atoms with van der Waals surface area (Å²) in [6.45, 7) is 11.0. The van der Waals surface area contributed by atoms with Crippen molar-refractivity contribution in [1.82, 2.24) is 10.2 Å². The van der Waals surface area contributed by atoms with E-state index in [2.05, 4.69) is 45.2 Å². The Morgan fingerprint density at radius 3 is 2.40 bits per heavy atom. The summed E-state index contributed by atoms with van der Waals surface area (Å²) in [7, 11) is -0.906. The van der Waals surface area contributed by atoms with Crippen LogP contribution >= 0.6 is 0 Å². The van der Waals surface area contributed by atoms with Gasteiger partial charge in [0, 0.05) is 47.5 Å². The van der Waals surface area contributed by atoms with Crippen LogP contribution in [0.15, 0.2) is 23.3 Å². The van der Waals surface area contributed by atoms with Gasteiger partial charge < -0.3 is 5.11 Å². The molecule has 6 unspecified atom stereocenters. The Balaban J connectivity index is 1.11. The van der Waals surface area contributed by atoms with Crippen LogP contribution in [0.3, 0.4) is 0 Å². The first kappa shape index (κ1) is 35.2. The average molecular weight is 693 g/mol. The zero-order valence-corrected chi connectivity index (χ0v) is 30.5. The quantitative estimate of drug-likeness (QED) is 0.294. The molecule has 0 aromatic carbocycles. The smallest absolute Gasteiger partial charge is 0.405 e. The Kier molecular flexibility index (Phi) is 9.17. The van der Waals surface area contributed by atoms with Crippen molar-refractivity contribution in [1.29, 1.82) is 0 Å². The van der Waals surface area contributed by atoms with Gasteiger partial charge in [-0.05, 0) is 134 Å². The number of nitrogens with one attached hydrogen (secondary N) is 1. The van der Waals surface area contributed by atoms with Gasteiger partial charge in [-0.25, -0.2) is 0 Å². The fraction of sp³-hybridized carbons (Fsp3) is 0.872. The van der Waals surface area contributed by atoms with Crippen LogP contribution < -0.4 is 5.32 Å². The van der Waals surface area contributed by atoms with E-state index < -0.39 is 34.5 Å². The monoisotopic (exact) mass is 692 g/mol. The number of hydrogen-bond acceptors (Lipinski definition) is 4. The normalized spacial score (nSPS) is 46.0. The fourth-order valence-corrected chi connectivity index (χ4v) is 14.6. The van der Waals surface area contributed by atoms with Crippen LogP contribution in [0, 0.1) is 51.8 Å². The minimum absolute atomic E-state index is 0.0403. The molecule has 9 heteroatoms. The largest absolute Gasteiger partial charge is 0.481 e. The van der Waals surface area contributed by atoms with Crippen molar-refractivity contribution in [2.75, 3.05) is 31.1 Å². The molecule has 6 aliphatic carbocycles. The first-order valence-electron chi connectivity index (χ1n) is 19.2. The molecule has 4 saturated carbocycles. The summed E-state index contributed by atoms with van der Waals surface area (Å²) in [5.74, 6) is 2.39. The number of rotatable bonds is 6. The van der Waals surface area contributed by atoms with E-state index in [4.69, 9.17) is 0 Å². The summed E-state index contributed by atoms with van der Waals surface area (Å²) in [6.07, 6.45) is 13.1. The van der Waals surface area contributed by atoms with Gasteiger partial charge in [-0.3, -0.25) is 19.2 Å². The molecule has 0 radical (unpaired) electrons. The molecule has 1 heterocycles. The Labute approximate surface area is 288 Å². The van der Waals surface area contributed by atoms with Gasteiger partial charge in [0.25, 0.3) is 0 Å². The molecule has 270 valence electrons. The lowest BCUT2D eigenvalue weighted by atomic mass is 9.34. The van der Waals surface area contributed by atoms with Crippen molar-refractivity contribution in [2.24, 2.45) is 51.8 Å². The van der Waals surface area contributed by atoms with E-state index in [0.717, 1.165) is 57.8 Å². The van der Waals surface area contributed by atoms with Crippen molar-refractivity contribution in [3.8, 4) is 0 Å². The lowest BCUT2D eigenvalue weighted by Gasteiger charge is -2.71. The molecule has 2 N–H and O–H groups in total. The second-order valence-corrected chi connectivity index (χ2v) is 19.7. The van der Waals surface area contributed by atoms with E-state index in [1.165, 1.54) is 30.4 Å². The third kappa shape index (κ3) is 5.61. The number of halogens is 3. The van der Waals surface area contributed by atoms with Crippen molar-refractivity contribution in [3.05, 3.63) is 23.3 Å². The molecule has 5 fully saturated rings. The SMILES string of the molecule is CC1C(C2=CC[C@H](C(=O)O)CC2)=CC[C@@]2(C)C1CC[C@]1(C)C2CCC2C3CCC[C@]3(NC(CN3CCS(=O)CC3)C(F)(F)F)CC[C@]21C. The molecular weight excluding hydrogens is 634 g/mol. The number of carbonyl (C=O) groups is 1. The molecule has 0 aromatic heterocycles. The highest BCUT2D eigenvalue weighted by atomic mass is 32.2. The van der Waals surface area contributed by atoms with Gasteiger partial charge in [-0.1, -0.05) is 46.3 Å². The lowest BCUT2D eigenvalue weighted by molar-refractivity contribution is -0.218. The second kappa shape index (κ2) is 12.5. The molecule has 48 heavy (non-hydrogen) atoms. The topological polar surface area (TPSA) is 69.6 Å². The van der Waals surface area contributed by atoms with Gasteiger partial charge in [0.15, 0.2) is 0 Å². The molecule has 1 aliphatic heterocycles. The summed E-state index contributed by atoms with van der Waals surface area (Å²) < 4.78 is 56.0. The zero-order valence-electron chi connectivity index (χ0n) is 29.7. The molecule has 7 rings (SSSR count). The first-order chi connectivity index (χ1) is 22.6. The van der Waals surface area contributed by atoms with Gasteiger partial charge in [0.2, 0.25) is 0 Å². The number of carboxylic acid groups (broad SMARTS) is 1. The van der Waals surface area contributed by atoms with Gasteiger partial charge in [-0.2, -0.15) is 13.2 Å². The van der Waals surface area contributed by atoms with Crippen LogP contribution in [-0.4, -0.2) is 69.1 Å². The van der Waals surface area contributed by atoms with Crippen LogP contribution in [0.4, 0.5) is 13.2 Å². The van der Waals surface area contributed by atoms with E-state index in [-0.39, 0.29) is 34.6 Å². The highest BCUT2D eigenvalue weighted by molar-refractivity contribution is 7.85. The lowest BCUT2D eigenvalue weighted by Crippen LogP contribution is -2.69. The number of carboxylic acids is 1. The molecule has 0 aromatic rings. The van der Waals surface area contributed by atoms with Gasteiger partial charge in [0.1, 0.15) is 6.04 Å². The minimum Gasteiger partial charge on any atom is -0.481 e. The summed E-state index contributed by atoms with van der Waals surface area (Å²) in [5.41, 5.74) is 2.88. The number of nitrogens with zero attached hydrogens (tertiary/aromatic N) is 1. The number of aliphatic carboxylic acids is 1. The van der Waals surface area contributed by atoms with Gasteiger partial charge >= 0.3 is 12.1 Å². The van der Waals surface area contributed by atoms with Crippen molar-refractivity contribution < 1.29 is 27.3 Å². The molecule has 0 spiro atoms. The second-order valence-electron chi connectivity index (χ2n) is 18.0. The Morgan fingerprint density at radius 1 is 0.979 bits per heavy atom. The molecule has 0 bridgehead atoms. The fourth-order valence-electron chi connectivity index (χ4n) is 13.5. The van der Waals surface area contributed by atoms with Gasteiger partial charge in [-0.15, -0.1) is 0 Å². The maximum Gasteiger partial charge on any atom is 0.405 e. The zero-order chi connectivity index (χ0) is 34.3. The van der Waals surface area contributed by atoms with Crippen LogP contribution in [0.2, 0.25) is 0 Å². The summed E-state index contributed by atoms with van der Waals surface area (Å²) in [5, 5.41) is 12.9. The van der Waals surface area contributed by atoms with Gasteiger partial charge in [0.05, 0.1) is 5.92 Å². The molecule has 0 amide bonds. The van der Waals surface area contributed by atoms with E-state index in [1.807, 2.05) is 4.90 Å². The van der Waals surface area contributed by atoms with E-state index >= 15 is 0 Å². The maximum absolute atomic E-state index is 14.7. The maximum atomic E-state index is 14.7. The average Bonchev–Trinajstić information content (AvgIpc) is 3.46. The molecule has 11 atom stereocenters. The van der Waals surface area contributed by atoms with Crippen molar-refractivity contribution >= 4 is 16.8 Å². The third-order valence-electron chi connectivity index (χ3n) is 16.3. The standard InChI is InChI=1S/C39H59F3N2O3S/c1-25-28(26-7-9-27(10-8-26)34(45)46)13-16-35(2)29(25)14-17-37(4)32(35)12-11-30-31-6-5-15-38(31,19-18-36(30,37)3)43-33(39(40,41)42)24-44-20-22-48(47)23-21-44/h7,13,25,27,29-33,43H,5-6,8-12,14-24H2,1-4H3,(H,45,46)/t25?,27-,29?,30?,31?,32?,33?,35-,36+,37+,38-/m0/s1. The number of alkyl halides is 3. The number of allylic oxidation sites excluding steroid dienone is 4. The van der Waals surface area contributed by atoms with Crippen LogP contribution in [0.5, 0.6) is 0 Å². The minimum atomic E-state index is -4.31. The molecule has 7 aliphatic rings. The Morgan fingerprint density at radius 2 is 1.73 bits per heavy atom. The Bertz CT molecular complexity index is 1360. The Hall–Kier alpha value is -1.19. The predicted molar refractivity (Wildman–Crippen MR) is 185 cm³/mol. The van der Waals surface area contributed by atoms with Crippen LogP contribution in [-0.2, 0) is 15.6 Å². The summed E-state index contributed by atoms with van der Waals surface area (Å²) >= 11 is 0. The van der Waals surface area contributed by atoms with Crippen LogP contribution in [0.1, 0.15) is 111 Å². The van der Waals surface area contributed by atoms with Crippen molar-refractivity contribution in [2.45, 2.75) is 129 Å². The summed E-state index contributed by atoms with van der Waals surface area (Å²) in [4.78, 5) is 13.5. The molecular formula is C39H59F3N2O3S.